The smallest absolute Gasteiger partial charge is 0.264 e. The van der Waals surface area contributed by atoms with Crippen LogP contribution in [-0.2, 0) is 6.42 Å². The second-order valence-electron chi connectivity index (χ2n) is 5.01. The lowest BCUT2D eigenvalue weighted by Gasteiger charge is -2.02. The molecule has 4 rings (SSSR count). The van der Waals surface area contributed by atoms with E-state index in [2.05, 4.69) is 25.3 Å². The first-order valence-electron chi connectivity index (χ1n) is 7.00. The maximum absolute atomic E-state index is 11.0. The van der Waals surface area contributed by atoms with Crippen molar-refractivity contribution in [3.8, 4) is 11.5 Å². The fraction of sp³-hybridized carbons (Fsp3) is 0.0625. The molecule has 4 aromatic rings. The largest absolute Gasteiger partial charge is 0.339 e. The molecule has 0 spiro atoms. The van der Waals surface area contributed by atoms with Crippen LogP contribution in [-0.4, -0.2) is 25.3 Å². The molecule has 0 radical (unpaired) electrons. The maximum atomic E-state index is 11.0. The summed E-state index contributed by atoms with van der Waals surface area (Å²) in [6.45, 7) is 0. The highest BCUT2D eigenvalue weighted by molar-refractivity contribution is 5.84. The summed E-state index contributed by atoms with van der Waals surface area (Å²) in [5.74, 6) is 0.818. The molecule has 0 unspecified atom stereocenters. The third kappa shape index (κ3) is 2.59. The molecule has 23 heavy (non-hydrogen) atoms. The number of nitrogens with zero attached hydrogens (tertiary/aromatic N) is 4. The quantitative estimate of drug-likeness (QED) is 0.621. The summed E-state index contributed by atoms with van der Waals surface area (Å²) in [7, 11) is 0. The second-order valence-corrected chi connectivity index (χ2v) is 5.01. The van der Waals surface area contributed by atoms with Crippen molar-refractivity contribution in [2.75, 3.05) is 0 Å². The lowest BCUT2D eigenvalue weighted by Crippen LogP contribution is -2.05. The number of hydrogen-bond donors (Lipinski definition) is 1. The van der Waals surface area contributed by atoms with Gasteiger partial charge in [-0.2, -0.15) is 10.1 Å². The van der Waals surface area contributed by atoms with E-state index in [0.717, 1.165) is 16.3 Å². The third-order valence-electron chi connectivity index (χ3n) is 3.49. The molecule has 0 aliphatic rings. The van der Waals surface area contributed by atoms with Gasteiger partial charge in [-0.15, -0.1) is 0 Å². The van der Waals surface area contributed by atoms with Crippen molar-refractivity contribution in [2.45, 2.75) is 6.42 Å². The van der Waals surface area contributed by atoms with Crippen LogP contribution < -0.4 is 5.56 Å². The van der Waals surface area contributed by atoms with Crippen molar-refractivity contribution < 1.29 is 4.52 Å². The standard InChI is InChI=1S/C16H11N5O2/c22-14-5-4-13(19-20-14)16-18-15(23-21-16)8-11-3-1-2-10-6-7-17-9-12(10)11/h1-7,9H,8H2,(H,20,22). The number of hydrogen-bond acceptors (Lipinski definition) is 6. The molecule has 0 saturated carbocycles. The number of aromatic nitrogens is 5. The molecule has 0 fully saturated rings. The third-order valence-corrected chi connectivity index (χ3v) is 3.49. The van der Waals surface area contributed by atoms with Gasteiger partial charge in [-0.1, -0.05) is 23.4 Å². The average molecular weight is 305 g/mol. The first kappa shape index (κ1) is 13.3. The van der Waals surface area contributed by atoms with Gasteiger partial charge in [0, 0.05) is 23.8 Å². The van der Waals surface area contributed by atoms with E-state index in [1.165, 1.54) is 6.07 Å². The van der Waals surface area contributed by atoms with E-state index >= 15 is 0 Å². The molecule has 3 heterocycles. The number of benzene rings is 1. The van der Waals surface area contributed by atoms with Gasteiger partial charge in [-0.05, 0) is 23.1 Å². The molecule has 0 aliphatic carbocycles. The van der Waals surface area contributed by atoms with Gasteiger partial charge in [0.1, 0.15) is 5.69 Å². The van der Waals surface area contributed by atoms with Gasteiger partial charge in [0.15, 0.2) is 0 Å². The summed E-state index contributed by atoms with van der Waals surface area (Å²) < 4.78 is 5.29. The van der Waals surface area contributed by atoms with E-state index in [9.17, 15) is 4.79 Å². The highest BCUT2D eigenvalue weighted by atomic mass is 16.5. The van der Waals surface area contributed by atoms with E-state index in [1.54, 1.807) is 12.3 Å². The number of rotatable bonds is 3. The van der Waals surface area contributed by atoms with Crippen LogP contribution in [0.25, 0.3) is 22.3 Å². The van der Waals surface area contributed by atoms with Gasteiger partial charge in [0.05, 0.1) is 6.42 Å². The van der Waals surface area contributed by atoms with Crippen LogP contribution in [0.2, 0.25) is 0 Å². The molecule has 7 nitrogen and oxygen atoms in total. The van der Waals surface area contributed by atoms with Crippen LogP contribution in [0.4, 0.5) is 0 Å². The lowest BCUT2D eigenvalue weighted by atomic mass is 10.0. The SMILES string of the molecule is O=c1ccc(-c2noc(Cc3cccc4ccncc34)n2)n[nH]1. The number of fused-ring (bicyclic) bond motifs is 1. The zero-order valence-electron chi connectivity index (χ0n) is 11.9. The molecule has 0 amide bonds. The van der Waals surface area contributed by atoms with Crippen molar-refractivity contribution in [3.63, 3.8) is 0 Å². The highest BCUT2D eigenvalue weighted by Crippen LogP contribution is 2.20. The maximum Gasteiger partial charge on any atom is 0.264 e. The molecule has 0 saturated heterocycles. The Kier molecular flexibility index (Phi) is 3.16. The fourth-order valence-electron chi connectivity index (χ4n) is 2.39. The predicted octanol–water partition coefficient (Wildman–Crippen LogP) is 1.96. The van der Waals surface area contributed by atoms with Gasteiger partial charge < -0.3 is 4.52 Å². The molecule has 0 bridgehead atoms. The minimum atomic E-state index is -0.277. The van der Waals surface area contributed by atoms with Gasteiger partial charge in [-0.25, -0.2) is 5.10 Å². The Labute approximate surface area is 130 Å². The second kappa shape index (κ2) is 5.45. The van der Waals surface area contributed by atoms with Crippen LogP contribution in [0.5, 0.6) is 0 Å². The Morgan fingerprint density at radius 1 is 1.13 bits per heavy atom. The molecular formula is C16H11N5O2. The van der Waals surface area contributed by atoms with Crippen LogP contribution in [0, 0.1) is 0 Å². The van der Waals surface area contributed by atoms with Gasteiger partial charge >= 0.3 is 0 Å². The highest BCUT2D eigenvalue weighted by Gasteiger charge is 2.12. The predicted molar refractivity (Wildman–Crippen MR) is 82.7 cm³/mol. The molecule has 0 atom stereocenters. The Balaban J connectivity index is 1.67. The van der Waals surface area contributed by atoms with Gasteiger partial charge in [0.25, 0.3) is 5.56 Å². The molecular weight excluding hydrogens is 294 g/mol. The number of H-pyrrole nitrogens is 1. The van der Waals surface area contributed by atoms with Crippen LogP contribution >= 0.6 is 0 Å². The van der Waals surface area contributed by atoms with Crippen LogP contribution in [0.15, 0.2) is 58.1 Å². The Morgan fingerprint density at radius 2 is 2.09 bits per heavy atom. The van der Waals surface area contributed by atoms with Gasteiger partial charge in [0.2, 0.25) is 11.7 Å². The summed E-state index contributed by atoms with van der Waals surface area (Å²) in [5.41, 5.74) is 1.24. The Hall–Kier alpha value is -3.35. The minimum absolute atomic E-state index is 0.277. The van der Waals surface area contributed by atoms with E-state index < -0.39 is 0 Å². The summed E-state index contributed by atoms with van der Waals surface area (Å²) in [5, 5.41) is 12.3. The number of nitrogens with one attached hydrogen (secondary N) is 1. The molecule has 3 aromatic heterocycles. The number of aromatic amines is 1. The Bertz CT molecular complexity index is 1010. The molecule has 7 heteroatoms. The summed E-state index contributed by atoms with van der Waals surface area (Å²) in [6.07, 6.45) is 4.09. The average Bonchev–Trinajstić information content (AvgIpc) is 3.04. The van der Waals surface area contributed by atoms with E-state index in [0.29, 0.717) is 23.8 Å². The monoisotopic (exact) mass is 305 g/mol. The molecule has 0 aliphatic heterocycles. The zero-order chi connectivity index (χ0) is 15.6. The van der Waals surface area contributed by atoms with Crippen molar-refractivity contribution in [3.05, 3.63) is 70.6 Å². The van der Waals surface area contributed by atoms with Crippen LogP contribution in [0.3, 0.4) is 0 Å². The van der Waals surface area contributed by atoms with E-state index in [1.807, 2.05) is 30.5 Å². The zero-order valence-corrected chi connectivity index (χ0v) is 11.9. The fourth-order valence-corrected chi connectivity index (χ4v) is 2.39. The van der Waals surface area contributed by atoms with E-state index in [4.69, 9.17) is 4.52 Å². The minimum Gasteiger partial charge on any atom is -0.339 e. The first-order chi connectivity index (χ1) is 11.3. The molecule has 1 N–H and O–H groups in total. The van der Waals surface area contributed by atoms with Crippen molar-refractivity contribution in [1.29, 1.82) is 0 Å². The topological polar surface area (TPSA) is 97.6 Å². The first-order valence-corrected chi connectivity index (χ1v) is 7.00. The number of pyridine rings is 1. The van der Waals surface area contributed by atoms with Crippen LogP contribution in [0.1, 0.15) is 11.5 Å². The summed E-state index contributed by atoms with van der Waals surface area (Å²) >= 11 is 0. The normalized spacial score (nSPS) is 11.0. The Morgan fingerprint density at radius 3 is 2.96 bits per heavy atom. The molecule has 1 aromatic carbocycles. The van der Waals surface area contributed by atoms with Crippen molar-refractivity contribution in [2.24, 2.45) is 0 Å². The van der Waals surface area contributed by atoms with Crippen molar-refractivity contribution in [1.82, 2.24) is 25.3 Å². The van der Waals surface area contributed by atoms with E-state index in [-0.39, 0.29) is 5.56 Å². The summed E-state index contributed by atoms with van der Waals surface area (Å²) in [6, 6.07) is 10.9. The van der Waals surface area contributed by atoms with Crippen molar-refractivity contribution >= 4 is 10.8 Å². The molecule has 112 valence electrons. The summed E-state index contributed by atoms with van der Waals surface area (Å²) in [4.78, 5) is 19.5. The van der Waals surface area contributed by atoms with Gasteiger partial charge in [-0.3, -0.25) is 9.78 Å². The lowest BCUT2D eigenvalue weighted by molar-refractivity contribution is 0.386.